The van der Waals surface area contributed by atoms with Gasteiger partial charge in [-0.2, -0.15) is 0 Å². The second-order valence-electron chi connectivity index (χ2n) is 4.36. The Morgan fingerprint density at radius 1 is 1.31 bits per heavy atom. The predicted octanol–water partition coefficient (Wildman–Crippen LogP) is 2.33. The zero-order chi connectivity index (χ0) is 12.2. The van der Waals surface area contributed by atoms with E-state index in [-0.39, 0.29) is 5.41 Å². The maximum Gasteiger partial charge on any atom is 0.164 e. The van der Waals surface area contributed by atoms with Crippen LogP contribution in [-0.4, -0.2) is 20.3 Å². The monoisotopic (exact) mass is 223 g/mol. The molecular weight excluding hydrogens is 202 g/mol. The molecule has 0 bridgehead atoms. The fourth-order valence-electron chi connectivity index (χ4n) is 1.64. The van der Waals surface area contributed by atoms with E-state index in [1.54, 1.807) is 7.11 Å². The molecule has 0 aromatic heterocycles. The van der Waals surface area contributed by atoms with Gasteiger partial charge in [0.05, 0.1) is 13.7 Å². The third-order valence-electron chi connectivity index (χ3n) is 2.72. The van der Waals surface area contributed by atoms with Crippen LogP contribution in [0.25, 0.3) is 0 Å². The third-order valence-corrected chi connectivity index (χ3v) is 2.72. The average molecular weight is 223 g/mol. The third kappa shape index (κ3) is 2.47. The lowest BCUT2D eigenvalue weighted by atomic mass is 9.84. The normalized spacial score (nSPS) is 11.3. The van der Waals surface area contributed by atoms with E-state index in [9.17, 15) is 0 Å². The topological polar surface area (TPSA) is 44.5 Å². The summed E-state index contributed by atoms with van der Waals surface area (Å²) in [6.45, 7) is 7.35. The Morgan fingerprint density at radius 2 is 2.00 bits per heavy atom. The van der Waals surface area contributed by atoms with Crippen molar-refractivity contribution in [2.75, 3.05) is 20.3 Å². The van der Waals surface area contributed by atoms with E-state index in [0.717, 1.165) is 17.1 Å². The highest BCUT2D eigenvalue weighted by Gasteiger charge is 2.24. The van der Waals surface area contributed by atoms with Gasteiger partial charge in [-0.1, -0.05) is 26.0 Å². The van der Waals surface area contributed by atoms with Gasteiger partial charge in [-0.15, -0.1) is 0 Å². The van der Waals surface area contributed by atoms with Gasteiger partial charge in [0, 0.05) is 17.5 Å². The van der Waals surface area contributed by atoms with Crippen LogP contribution in [0, 0.1) is 0 Å². The zero-order valence-electron chi connectivity index (χ0n) is 10.5. The Kier molecular flexibility index (Phi) is 4.19. The first-order valence-corrected chi connectivity index (χ1v) is 5.57. The summed E-state index contributed by atoms with van der Waals surface area (Å²) >= 11 is 0. The summed E-state index contributed by atoms with van der Waals surface area (Å²) in [5, 5.41) is 0. The Hall–Kier alpha value is -1.22. The van der Waals surface area contributed by atoms with Crippen molar-refractivity contribution < 1.29 is 9.47 Å². The lowest BCUT2D eigenvalue weighted by Crippen LogP contribution is -2.28. The highest BCUT2D eigenvalue weighted by atomic mass is 16.5. The van der Waals surface area contributed by atoms with Crippen molar-refractivity contribution in [2.45, 2.75) is 26.2 Å². The van der Waals surface area contributed by atoms with Gasteiger partial charge < -0.3 is 15.2 Å². The molecule has 0 unspecified atom stereocenters. The lowest BCUT2D eigenvalue weighted by Gasteiger charge is -2.26. The Labute approximate surface area is 97.6 Å². The fourth-order valence-corrected chi connectivity index (χ4v) is 1.64. The lowest BCUT2D eigenvalue weighted by molar-refractivity contribution is 0.305. The highest BCUT2D eigenvalue weighted by Crippen LogP contribution is 2.37. The number of hydrogen-bond donors (Lipinski definition) is 1. The van der Waals surface area contributed by atoms with E-state index in [4.69, 9.17) is 15.2 Å². The summed E-state index contributed by atoms with van der Waals surface area (Å²) in [7, 11) is 1.66. The number of benzene rings is 1. The molecule has 0 spiro atoms. The standard InChI is InChI=1S/C13H21NO2/c1-5-16-11-8-6-7-10(12(11)15-4)13(2,3)9-14/h6-8H,5,9,14H2,1-4H3. The van der Waals surface area contributed by atoms with E-state index < -0.39 is 0 Å². The molecule has 1 rings (SSSR count). The van der Waals surface area contributed by atoms with Crippen LogP contribution in [0.3, 0.4) is 0 Å². The van der Waals surface area contributed by atoms with Crippen LogP contribution in [0.1, 0.15) is 26.3 Å². The van der Waals surface area contributed by atoms with Gasteiger partial charge >= 0.3 is 0 Å². The number of hydrogen-bond acceptors (Lipinski definition) is 3. The quantitative estimate of drug-likeness (QED) is 0.833. The molecule has 90 valence electrons. The molecule has 16 heavy (non-hydrogen) atoms. The molecule has 0 heterocycles. The molecule has 0 saturated heterocycles. The molecule has 0 aliphatic heterocycles. The molecule has 0 atom stereocenters. The first kappa shape index (κ1) is 12.8. The smallest absolute Gasteiger partial charge is 0.164 e. The van der Waals surface area contributed by atoms with Crippen LogP contribution in [-0.2, 0) is 5.41 Å². The molecule has 0 radical (unpaired) electrons. The van der Waals surface area contributed by atoms with Gasteiger partial charge in [0.15, 0.2) is 11.5 Å². The molecule has 0 aliphatic carbocycles. The number of nitrogens with two attached hydrogens (primary N) is 1. The van der Waals surface area contributed by atoms with Crippen LogP contribution < -0.4 is 15.2 Å². The summed E-state index contributed by atoms with van der Waals surface area (Å²) < 4.78 is 11.0. The Bertz CT molecular complexity index is 348. The van der Waals surface area contributed by atoms with Crippen molar-refractivity contribution in [1.82, 2.24) is 0 Å². The SMILES string of the molecule is CCOc1cccc(C(C)(C)CN)c1OC. The van der Waals surface area contributed by atoms with Gasteiger partial charge in [0.1, 0.15) is 0 Å². The molecule has 1 aromatic carbocycles. The first-order chi connectivity index (χ1) is 7.56. The second-order valence-corrected chi connectivity index (χ2v) is 4.36. The average Bonchev–Trinajstić information content (AvgIpc) is 2.29. The van der Waals surface area contributed by atoms with Crippen molar-refractivity contribution in [3.63, 3.8) is 0 Å². The van der Waals surface area contributed by atoms with Crippen molar-refractivity contribution in [1.29, 1.82) is 0 Å². The van der Waals surface area contributed by atoms with E-state index in [1.807, 2.05) is 25.1 Å². The van der Waals surface area contributed by atoms with Crippen LogP contribution in [0.4, 0.5) is 0 Å². The maximum atomic E-state index is 5.79. The van der Waals surface area contributed by atoms with Gasteiger partial charge in [0.2, 0.25) is 0 Å². The number of rotatable bonds is 5. The van der Waals surface area contributed by atoms with Crippen LogP contribution in [0.15, 0.2) is 18.2 Å². The Balaban J connectivity index is 3.23. The second kappa shape index (κ2) is 5.21. The van der Waals surface area contributed by atoms with Gasteiger partial charge in [0.25, 0.3) is 0 Å². The summed E-state index contributed by atoms with van der Waals surface area (Å²) in [5.74, 6) is 1.57. The fraction of sp³-hybridized carbons (Fsp3) is 0.538. The molecular formula is C13H21NO2. The van der Waals surface area contributed by atoms with Crippen LogP contribution in [0.5, 0.6) is 11.5 Å². The maximum absolute atomic E-state index is 5.79. The first-order valence-electron chi connectivity index (χ1n) is 5.57. The minimum Gasteiger partial charge on any atom is -0.493 e. The van der Waals surface area contributed by atoms with Crippen molar-refractivity contribution in [3.8, 4) is 11.5 Å². The van der Waals surface area contributed by atoms with Crippen molar-refractivity contribution in [3.05, 3.63) is 23.8 Å². The summed E-state index contributed by atoms with van der Waals surface area (Å²) in [4.78, 5) is 0. The van der Waals surface area contributed by atoms with Gasteiger partial charge in [-0.25, -0.2) is 0 Å². The predicted molar refractivity (Wildman–Crippen MR) is 66.2 cm³/mol. The summed E-state index contributed by atoms with van der Waals surface area (Å²) in [5.41, 5.74) is 6.76. The van der Waals surface area contributed by atoms with Crippen LogP contribution in [0.2, 0.25) is 0 Å². The largest absolute Gasteiger partial charge is 0.493 e. The number of para-hydroxylation sites is 1. The van der Waals surface area contributed by atoms with Gasteiger partial charge in [-0.05, 0) is 13.0 Å². The summed E-state index contributed by atoms with van der Waals surface area (Å²) in [6, 6.07) is 5.92. The van der Waals surface area contributed by atoms with E-state index in [2.05, 4.69) is 13.8 Å². The molecule has 3 heteroatoms. The van der Waals surface area contributed by atoms with Crippen LogP contribution >= 0.6 is 0 Å². The molecule has 0 amide bonds. The van der Waals surface area contributed by atoms with Gasteiger partial charge in [-0.3, -0.25) is 0 Å². The molecule has 0 fully saturated rings. The minimum atomic E-state index is -0.113. The van der Waals surface area contributed by atoms with Crippen molar-refractivity contribution >= 4 is 0 Å². The summed E-state index contributed by atoms with van der Waals surface area (Å²) in [6.07, 6.45) is 0. The van der Waals surface area contributed by atoms with Crippen molar-refractivity contribution in [2.24, 2.45) is 5.73 Å². The molecule has 2 N–H and O–H groups in total. The molecule has 0 saturated carbocycles. The zero-order valence-corrected chi connectivity index (χ0v) is 10.5. The van der Waals surface area contributed by atoms with E-state index in [1.165, 1.54) is 0 Å². The molecule has 1 aromatic rings. The Morgan fingerprint density at radius 3 is 2.50 bits per heavy atom. The molecule has 3 nitrogen and oxygen atoms in total. The van der Waals surface area contributed by atoms with E-state index >= 15 is 0 Å². The molecule has 0 aliphatic rings. The number of ether oxygens (including phenoxy) is 2. The minimum absolute atomic E-state index is 0.113. The van der Waals surface area contributed by atoms with E-state index in [0.29, 0.717) is 13.2 Å². The number of methoxy groups -OCH3 is 1. The highest BCUT2D eigenvalue weighted by molar-refractivity contribution is 5.49.